The molecule has 0 unspecified atom stereocenters. The van der Waals surface area contributed by atoms with E-state index in [2.05, 4.69) is 10.4 Å². The Kier molecular flexibility index (Phi) is 2.85. The van der Waals surface area contributed by atoms with Crippen molar-refractivity contribution in [2.45, 2.75) is 13.8 Å². The maximum Gasteiger partial charge on any atom is 0.342 e. The summed E-state index contributed by atoms with van der Waals surface area (Å²) in [5.41, 5.74) is 0. The van der Waals surface area contributed by atoms with Crippen molar-refractivity contribution in [1.82, 2.24) is 15.1 Å². The van der Waals surface area contributed by atoms with E-state index in [1.807, 2.05) is 13.8 Å². The van der Waals surface area contributed by atoms with Crippen LogP contribution in [-0.4, -0.2) is 22.4 Å². The Labute approximate surface area is 71.6 Å². The van der Waals surface area contributed by atoms with E-state index in [1.54, 1.807) is 18.5 Å². The van der Waals surface area contributed by atoms with Crippen molar-refractivity contribution in [3.05, 3.63) is 18.5 Å². The third-order valence-corrected chi connectivity index (χ3v) is 1.37. The van der Waals surface area contributed by atoms with Gasteiger partial charge in [-0.05, 0) is 12.0 Å². The summed E-state index contributed by atoms with van der Waals surface area (Å²) >= 11 is 0. The molecule has 0 spiro atoms. The highest BCUT2D eigenvalue weighted by atomic mass is 16.2. The molecule has 12 heavy (non-hydrogen) atoms. The first-order chi connectivity index (χ1) is 5.70. The summed E-state index contributed by atoms with van der Waals surface area (Å²) in [5, 5.41) is 6.54. The molecule has 0 fully saturated rings. The number of nitrogens with one attached hydrogen (secondary N) is 1. The maximum atomic E-state index is 11.2. The summed E-state index contributed by atoms with van der Waals surface area (Å²) in [5.74, 6) is 0.463. The van der Waals surface area contributed by atoms with Gasteiger partial charge in [0, 0.05) is 18.9 Å². The van der Waals surface area contributed by atoms with Gasteiger partial charge in [0.1, 0.15) is 0 Å². The van der Waals surface area contributed by atoms with Crippen molar-refractivity contribution in [3.63, 3.8) is 0 Å². The van der Waals surface area contributed by atoms with Crippen LogP contribution in [0.25, 0.3) is 0 Å². The average molecular weight is 167 g/mol. The number of hydrogen-bond donors (Lipinski definition) is 1. The van der Waals surface area contributed by atoms with Crippen LogP contribution in [0.4, 0.5) is 4.79 Å². The molecular formula is C8H13N3O. The molecule has 0 atom stereocenters. The second-order valence-electron chi connectivity index (χ2n) is 3.03. The lowest BCUT2D eigenvalue weighted by atomic mass is 10.2. The number of amides is 1. The van der Waals surface area contributed by atoms with Gasteiger partial charge < -0.3 is 5.32 Å². The molecule has 66 valence electrons. The first-order valence-corrected chi connectivity index (χ1v) is 3.98. The standard InChI is InChI=1S/C8H13N3O/c1-7(2)6-9-8(12)11-5-3-4-10-11/h3-5,7H,6H2,1-2H3,(H,9,12). The topological polar surface area (TPSA) is 46.9 Å². The summed E-state index contributed by atoms with van der Waals surface area (Å²) in [6, 6.07) is 1.54. The molecule has 0 bridgehead atoms. The van der Waals surface area contributed by atoms with E-state index >= 15 is 0 Å². The van der Waals surface area contributed by atoms with E-state index in [4.69, 9.17) is 0 Å². The Morgan fingerprint density at radius 1 is 1.67 bits per heavy atom. The smallest absolute Gasteiger partial charge is 0.336 e. The quantitative estimate of drug-likeness (QED) is 0.716. The molecular weight excluding hydrogens is 154 g/mol. The highest BCUT2D eigenvalue weighted by Gasteiger charge is 2.02. The Morgan fingerprint density at radius 2 is 2.42 bits per heavy atom. The van der Waals surface area contributed by atoms with Gasteiger partial charge in [-0.25, -0.2) is 4.79 Å². The van der Waals surface area contributed by atoms with Gasteiger partial charge in [-0.2, -0.15) is 9.78 Å². The minimum absolute atomic E-state index is 0.172. The lowest BCUT2D eigenvalue weighted by Crippen LogP contribution is -2.31. The number of aromatic nitrogens is 2. The Bertz CT molecular complexity index is 241. The van der Waals surface area contributed by atoms with Gasteiger partial charge in [0.2, 0.25) is 0 Å². The van der Waals surface area contributed by atoms with Gasteiger partial charge in [-0.15, -0.1) is 0 Å². The van der Waals surface area contributed by atoms with Crippen LogP contribution in [0, 0.1) is 5.92 Å². The van der Waals surface area contributed by atoms with Gasteiger partial charge in [0.15, 0.2) is 0 Å². The van der Waals surface area contributed by atoms with Crippen LogP contribution in [0.5, 0.6) is 0 Å². The molecule has 1 rings (SSSR count). The average Bonchev–Trinajstić information content (AvgIpc) is 2.51. The first kappa shape index (κ1) is 8.77. The molecule has 0 aromatic carbocycles. The zero-order chi connectivity index (χ0) is 8.97. The largest absolute Gasteiger partial charge is 0.342 e. The van der Waals surface area contributed by atoms with Crippen molar-refractivity contribution < 1.29 is 4.79 Å². The van der Waals surface area contributed by atoms with Crippen LogP contribution in [0.15, 0.2) is 18.5 Å². The number of nitrogens with zero attached hydrogens (tertiary/aromatic N) is 2. The summed E-state index contributed by atoms with van der Waals surface area (Å²) < 4.78 is 1.28. The van der Waals surface area contributed by atoms with E-state index in [9.17, 15) is 4.79 Å². The summed E-state index contributed by atoms with van der Waals surface area (Å²) in [6.07, 6.45) is 3.20. The van der Waals surface area contributed by atoms with Gasteiger partial charge in [0.25, 0.3) is 0 Å². The number of rotatable bonds is 2. The predicted octanol–water partition coefficient (Wildman–Crippen LogP) is 1.10. The Balaban J connectivity index is 2.40. The van der Waals surface area contributed by atoms with E-state index < -0.39 is 0 Å². The van der Waals surface area contributed by atoms with Crippen LogP contribution in [0.3, 0.4) is 0 Å². The normalized spacial score (nSPS) is 10.2. The van der Waals surface area contributed by atoms with Crippen LogP contribution < -0.4 is 5.32 Å². The molecule has 0 saturated carbocycles. The van der Waals surface area contributed by atoms with Crippen LogP contribution in [0.1, 0.15) is 13.8 Å². The molecule has 0 aliphatic heterocycles. The highest BCUT2D eigenvalue weighted by Crippen LogP contribution is 1.88. The number of carbonyl (C=O) groups excluding carboxylic acids is 1. The molecule has 0 saturated heterocycles. The zero-order valence-corrected chi connectivity index (χ0v) is 7.32. The fourth-order valence-corrected chi connectivity index (χ4v) is 0.761. The van der Waals surface area contributed by atoms with Gasteiger partial charge in [-0.1, -0.05) is 13.8 Å². The molecule has 1 aromatic heterocycles. The minimum atomic E-state index is -0.172. The van der Waals surface area contributed by atoms with Crippen LogP contribution in [-0.2, 0) is 0 Å². The van der Waals surface area contributed by atoms with Crippen molar-refractivity contribution in [2.24, 2.45) is 5.92 Å². The molecule has 1 N–H and O–H groups in total. The molecule has 0 radical (unpaired) electrons. The summed E-state index contributed by atoms with van der Waals surface area (Å²) in [4.78, 5) is 11.2. The van der Waals surface area contributed by atoms with Crippen molar-refractivity contribution in [2.75, 3.05) is 6.54 Å². The van der Waals surface area contributed by atoms with Crippen molar-refractivity contribution in [1.29, 1.82) is 0 Å². The second kappa shape index (κ2) is 3.90. The summed E-state index contributed by atoms with van der Waals surface area (Å²) in [7, 11) is 0. The van der Waals surface area contributed by atoms with E-state index in [-0.39, 0.29) is 6.03 Å². The van der Waals surface area contributed by atoms with E-state index in [1.165, 1.54) is 4.68 Å². The van der Waals surface area contributed by atoms with Gasteiger partial charge in [0.05, 0.1) is 0 Å². The maximum absolute atomic E-state index is 11.2. The van der Waals surface area contributed by atoms with Crippen molar-refractivity contribution in [3.8, 4) is 0 Å². The monoisotopic (exact) mass is 167 g/mol. The molecule has 4 heteroatoms. The SMILES string of the molecule is CC(C)CNC(=O)n1cccn1. The minimum Gasteiger partial charge on any atom is -0.336 e. The number of hydrogen-bond acceptors (Lipinski definition) is 2. The Morgan fingerprint density at radius 3 is 2.92 bits per heavy atom. The first-order valence-electron chi connectivity index (χ1n) is 3.98. The molecule has 0 aliphatic rings. The number of carbonyl (C=O) groups is 1. The third-order valence-electron chi connectivity index (χ3n) is 1.37. The third kappa shape index (κ3) is 2.38. The van der Waals surface area contributed by atoms with Gasteiger partial charge >= 0.3 is 6.03 Å². The fourth-order valence-electron chi connectivity index (χ4n) is 0.761. The lowest BCUT2D eigenvalue weighted by Gasteiger charge is -2.06. The fraction of sp³-hybridized carbons (Fsp3) is 0.500. The predicted molar refractivity (Wildman–Crippen MR) is 45.9 cm³/mol. The van der Waals surface area contributed by atoms with Crippen LogP contribution >= 0.6 is 0 Å². The van der Waals surface area contributed by atoms with Crippen LogP contribution in [0.2, 0.25) is 0 Å². The molecule has 4 nitrogen and oxygen atoms in total. The molecule has 1 amide bonds. The lowest BCUT2D eigenvalue weighted by molar-refractivity contribution is 0.238. The van der Waals surface area contributed by atoms with Crippen molar-refractivity contribution >= 4 is 6.03 Å². The molecule has 1 heterocycles. The zero-order valence-electron chi connectivity index (χ0n) is 7.32. The summed E-state index contributed by atoms with van der Waals surface area (Å²) in [6.45, 7) is 4.77. The van der Waals surface area contributed by atoms with E-state index in [0.717, 1.165) is 0 Å². The highest BCUT2D eigenvalue weighted by molar-refractivity contribution is 5.75. The van der Waals surface area contributed by atoms with E-state index in [0.29, 0.717) is 12.5 Å². The molecule has 1 aromatic rings. The molecule has 0 aliphatic carbocycles. The Hall–Kier alpha value is -1.32. The van der Waals surface area contributed by atoms with Gasteiger partial charge in [-0.3, -0.25) is 0 Å². The second-order valence-corrected chi connectivity index (χ2v) is 3.03.